The second-order valence-corrected chi connectivity index (χ2v) is 9.07. The van der Waals surface area contributed by atoms with Crippen molar-refractivity contribution in [1.29, 1.82) is 0 Å². The van der Waals surface area contributed by atoms with E-state index in [2.05, 4.69) is 20.0 Å². The summed E-state index contributed by atoms with van der Waals surface area (Å²) >= 11 is 0. The Bertz CT molecular complexity index is 1240. The van der Waals surface area contributed by atoms with Gasteiger partial charge in [-0.15, -0.1) is 0 Å². The Morgan fingerprint density at radius 2 is 1.72 bits per heavy atom. The molecule has 0 aliphatic heterocycles. The summed E-state index contributed by atoms with van der Waals surface area (Å²) in [6.45, 7) is 5.15. The highest BCUT2D eigenvalue weighted by molar-refractivity contribution is 7.92. The maximum Gasteiger partial charge on any atom is 0.264 e. The molecule has 4 N–H and O–H groups in total. The van der Waals surface area contributed by atoms with Crippen molar-refractivity contribution in [2.75, 3.05) is 11.3 Å². The highest BCUT2D eigenvalue weighted by Gasteiger charge is 2.20. The van der Waals surface area contributed by atoms with Crippen LogP contribution in [0.2, 0.25) is 0 Å². The summed E-state index contributed by atoms with van der Waals surface area (Å²) in [4.78, 5) is 20.1. The Labute approximate surface area is 186 Å². The Kier molecular flexibility index (Phi) is 6.75. The number of aryl methyl sites for hydroxylation is 2. The molecule has 0 aliphatic carbocycles. The van der Waals surface area contributed by atoms with E-state index in [0.29, 0.717) is 5.69 Å². The molecule has 1 aromatic heterocycles. The van der Waals surface area contributed by atoms with Gasteiger partial charge in [-0.2, -0.15) is 4.98 Å². The number of rotatable bonds is 7. The summed E-state index contributed by atoms with van der Waals surface area (Å²) in [6.07, 6.45) is 0. The fourth-order valence-electron chi connectivity index (χ4n) is 3.16. The van der Waals surface area contributed by atoms with Crippen LogP contribution in [0.3, 0.4) is 0 Å². The van der Waals surface area contributed by atoms with Crippen molar-refractivity contribution in [3.8, 4) is 17.1 Å². The predicted molar refractivity (Wildman–Crippen MR) is 120 cm³/mol. The molecule has 0 aliphatic rings. The van der Waals surface area contributed by atoms with Crippen LogP contribution in [-0.2, 0) is 10.0 Å². The smallest absolute Gasteiger partial charge is 0.264 e. The van der Waals surface area contributed by atoms with Crippen molar-refractivity contribution in [3.05, 3.63) is 65.2 Å². The average Bonchev–Trinajstić information content (AvgIpc) is 2.73. The van der Waals surface area contributed by atoms with Gasteiger partial charge in [-0.05, 0) is 50.1 Å². The van der Waals surface area contributed by atoms with E-state index in [4.69, 9.17) is 5.11 Å². The maximum atomic E-state index is 12.9. The quantitative estimate of drug-likeness (QED) is 0.428. The highest BCUT2D eigenvalue weighted by atomic mass is 32.2. The van der Waals surface area contributed by atoms with Crippen molar-refractivity contribution in [3.63, 3.8) is 0 Å². The number of amides is 1. The molecule has 9 nitrogen and oxygen atoms in total. The molecule has 3 aromatic rings. The van der Waals surface area contributed by atoms with Crippen LogP contribution in [-0.4, -0.2) is 47.2 Å². The molecular formula is C22H24N4O5S. The van der Waals surface area contributed by atoms with Gasteiger partial charge in [-0.1, -0.05) is 24.3 Å². The number of aromatic hydroxyl groups is 1. The minimum atomic E-state index is -4.15. The van der Waals surface area contributed by atoms with E-state index in [0.717, 1.165) is 16.7 Å². The Hall–Kier alpha value is -3.50. The molecule has 1 amide bonds. The van der Waals surface area contributed by atoms with Crippen molar-refractivity contribution in [2.24, 2.45) is 0 Å². The molecule has 0 spiro atoms. The zero-order chi connectivity index (χ0) is 23.5. The third-order valence-electron chi connectivity index (χ3n) is 4.73. The van der Waals surface area contributed by atoms with Crippen molar-refractivity contribution in [1.82, 2.24) is 15.3 Å². The van der Waals surface area contributed by atoms with E-state index < -0.39 is 22.0 Å². The first kappa shape index (κ1) is 23.2. The van der Waals surface area contributed by atoms with Gasteiger partial charge >= 0.3 is 0 Å². The third kappa shape index (κ3) is 5.21. The molecule has 0 saturated carbocycles. The Morgan fingerprint density at radius 3 is 2.38 bits per heavy atom. The molecule has 0 fully saturated rings. The van der Waals surface area contributed by atoms with Gasteiger partial charge in [0.1, 0.15) is 0 Å². The van der Waals surface area contributed by atoms with Gasteiger partial charge in [0.25, 0.3) is 15.9 Å². The lowest BCUT2D eigenvalue weighted by Gasteiger charge is -2.13. The minimum absolute atomic E-state index is 0.112. The largest absolute Gasteiger partial charge is 0.493 e. The van der Waals surface area contributed by atoms with Crippen LogP contribution < -0.4 is 10.0 Å². The lowest BCUT2D eigenvalue weighted by atomic mass is 10.00. The topological polar surface area (TPSA) is 142 Å². The van der Waals surface area contributed by atoms with Crippen LogP contribution in [0.1, 0.15) is 28.4 Å². The van der Waals surface area contributed by atoms with E-state index in [1.54, 1.807) is 6.92 Å². The number of aliphatic hydroxyl groups is 1. The summed E-state index contributed by atoms with van der Waals surface area (Å²) in [5.41, 5.74) is 3.07. The van der Waals surface area contributed by atoms with Crippen LogP contribution in [0, 0.1) is 13.8 Å². The van der Waals surface area contributed by atoms with Gasteiger partial charge in [0.05, 0.1) is 17.2 Å². The molecule has 1 heterocycles. The first-order chi connectivity index (χ1) is 15.1. The normalized spacial score (nSPS) is 12.2. The number of carbonyl (C=O) groups is 1. The zero-order valence-corrected chi connectivity index (χ0v) is 18.6. The fraction of sp³-hybridized carbons (Fsp3) is 0.227. The molecule has 0 bridgehead atoms. The molecule has 1 unspecified atom stereocenters. The number of aliphatic hydroxyl groups excluding tert-OH is 1. The molecular weight excluding hydrogens is 432 g/mol. The first-order valence-electron chi connectivity index (χ1n) is 9.80. The highest BCUT2D eigenvalue weighted by Crippen LogP contribution is 2.28. The predicted octanol–water partition coefficient (Wildman–Crippen LogP) is 2.38. The summed E-state index contributed by atoms with van der Waals surface area (Å²) in [7, 11) is -4.15. The minimum Gasteiger partial charge on any atom is -0.493 e. The molecule has 3 rings (SSSR count). The van der Waals surface area contributed by atoms with E-state index >= 15 is 0 Å². The standard InChI is InChI=1S/C22H24N4O5S/c1-13-6-4-7-14(2)20(13)18-11-19(28)25-22(24-18)26-32(30,31)17-9-5-8-16(10-17)21(29)23-15(3)12-27/h4-11,15,27H,12H2,1-3H3,(H,23,29)(H2,24,25,26,28). The molecule has 32 heavy (non-hydrogen) atoms. The number of aromatic nitrogens is 2. The summed E-state index contributed by atoms with van der Waals surface area (Å²) in [5, 5.41) is 21.7. The fourth-order valence-corrected chi connectivity index (χ4v) is 4.15. The molecule has 168 valence electrons. The van der Waals surface area contributed by atoms with Crippen LogP contribution in [0.4, 0.5) is 5.95 Å². The monoisotopic (exact) mass is 456 g/mol. The number of anilines is 1. The van der Waals surface area contributed by atoms with Crippen LogP contribution >= 0.6 is 0 Å². The molecule has 0 radical (unpaired) electrons. The lowest BCUT2D eigenvalue weighted by Crippen LogP contribution is -2.35. The summed E-state index contributed by atoms with van der Waals surface area (Å²) < 4.78 is 28.1. The molecule has 10 heteroatoms. The van der Waals surface area contributed by atoms with Crippen molar-refractivity contribution in [2.45, 2.75) is 31.7 Å². The van der Waals surface area contributed by atoms with E-state index in [1.807, 2.05) is 32.0 Å². The number of hydrogen-bond acceptors (Lipinski definition) is 7. The summed E-state index contributed by atoms with van der Waals surface area (Å²) in [5.74, 6) is -1.21. The second kappa shape index (κ2) is 9.33. The van der Waals surface area contributed by atoms with E-state index in [-0.39, 0.29) is 28.9 Å². The number of benzene rings is 2. The second-order valence-electron chi connectivity index (χ2n) is 7.39. The van der Waals surface area contributed by atoms with Gasteiger partial charge in [-0.25, -0.2) is 18.1 Å². The Morgan fingerprint density at radius 1 is 1.06 bits per heavy atom. The van der Waals surface area contributed by atoms with Crippen molar-refractivity contribution >= 4 is 21.9 Å². The number of nitrogens with zero attached hydrogens (tertiary/aromatic N) is 2. The van der Waals surface area contributed by atoms with E-state index in [9.17, 15) is 18.3 Å². The van der Waals surface area contributed by atoms with Crippen LogP contribution in [0.15, 0.2) is 53.4 Å². The van der Waals surface area contributed by atoms with Gasteiger partial charge in [-0.3, -0.25) is 4.79 Å². The zero-order valence-electron chi connectivity index (χ0n) is 17.8. The Balaban J connectivity index is 1.93. The molecule has 2 aromatic carbocycles. The molecule has 0 saturated heterocycles. The number of carbonyl (C=O) groups excluding carboxylic acids is 1. The van der Waals surface area contributed by atoms with Gasteiger partial charge < -0.3 is 15.5 Å². The van der Waals surface area contributed by atoms with Gasteiger partial charge in [0, 0.05) is 23.2 Å². The lowest BCUT2D eigenvalue weighted by molar-refractivity contribution is 0.0922. The van der Waals surface area contributed by atoms with Crippen LogP contribution in [0.5, 0.6) is 5.88 Å². The average molecular weight is 457 g/mol. The first-order valence-corrected chi connectivity index (χ1v) is 11.3. The SMILES string of the molecule is Cc1cccc(C)c1-c1cc(O)nc(NS(=O)(=O)c2cccc(C(=O)NC(C)CO)c2)n1. The van der Waals surface area contributed by atoms with Gasteiger partial charge in [0.2, 0.25) is 11.8 Å². The summed E-state index contributed by atoms with van der Waals surface area (Å²) in [6, 6.07) is 12.0. The van der Waals surface area contributed by atoms with Gasteiger partial charge in [0.15, 0.2) is 0 Å². The third-order valence-corrected chi connectivity index (χ3v) is 6.06. The maximum absolute atomic E-state index is 12.9. The number of hydrogen-bond donors (Lipinski definition) is 4. The van der Waals surface area contributed by atoms with Crippen LogP contribution in [0.25, 0.3) is 11.3 Å². The van der Waals surface area contributed by atoms with Crippen molar-refractivity contribution < 1.29 is 23.4 Å². The number of nitrogens with one attached hydrogen (secondary N) is 2. The van der Waals surface area contributed by atoms with E-state index in [1.165, 1.54) is 30.3 Å². The molecule has 1 atom stereocenters. The number of sulfonamides is 1.